The second-order valence-electron chi connectivity index (χ2n) is 6.83. The Morgan fingerprint density at radius 2 is 1.62 bits per heavy atom. The molecule has 2 rings (SSSR count). The molecule has 0 amide bonds. The van der Waals surface area contributed by atoms with Gasteiger partial charge in [-0.25, -0.2) is 4.79 Å². The number of hydrogen-bond donors (Lipinski definition) is 2. The molecule has 1 aromatic rings. The van der Waals surface area contributed by atoms with Gasteiger partial charge in [-0.3, -0.25) is 14.4 Å². The fraction of sp³-hybridized carbons (Fsp3) is 0.500. The lowest BCUT2D eigenvalue weighted by Crippen LogP contribution is -2.59. The Hall–Kier alpha value is -3.38. The van der Waals surface area contributed by atoms with Crippen LogP contribution in [0.25, 0.3) is 0 Å². The summed E-state index contributed by atoms with van der Waals surface area (Å²) in [4.78, 5) is 47.1. The Bertz CT molecular complexity index is 885. The van der Waals surface area contributed by atoms with Gasteiger partial charge in [-0.2, -0.15) is 0 Å². The van der Waals surface area contributed by atoms with Crippen molar-refractivity contribution in [3.8, 4) is 5.75 Å². The van der Waals surface area contributed by atoms with Crippen molar-refractivity contribution in [3.05, 3.63) is 23.3 Å². The summed E-state index contributed by atoms with van der Waals surface area (Å²) in [5, 5.41) is 9.39. The van der Waals surface area contributed by atoms with Crippen molar-refractivity contribution in [1.82, 2.24) is 0 Å². The molecule has 3 N–H and O–H groups in total. The molecule has 1 fully saturated rings. The number of esters is 4. The molecule has 12 nitrogen and oxygen atoms in total. The summed E-state index contributed by atoms with van der Waals surface area (Å²) in [6.45, 7) is 2.72. The first-order valence-electron chi connectivity index (χ1n) is 9.48. The molecule has 1 saturated heterocycles. The molecule has 2 unspecified atom stereocenters. The summed E-state index contributed by atoms with van der Waals surface area (Å²) < 4.78 is 31.7. The number of ether oxygens (including phenoxy) is 6. The lowest BCUT2D eigenvalue weighted by atomic mass is 10.0. The normalized spacial score (nSPS) is 22.4. The summed E-state index contributed by atoms with van der Waals surface area (Å²) in [6.07, 6.45) is -5.13. The third-order valence-electron chi connectivity index (χ3n) is 4.30. The first-order chi connectivity index (χ1) is 15.1. The molecule has 0 radical (unpaired) electrons. The second-order valence-corrected chi connectivity index (χ2v) is 6.83. The average Bonchev–Trinajstić information content (AvgIpc) is 2.71. The zero-order valence-corrected chi connectivity index (χ0v) is 18.0. The van der Waals surface area contributed by atoms with E-state index in [-0.39, 0.29) is 23.6 Å². The van der Waals surface area contributed by atoms with Crippen LogP contribution in [0.15, 0.2) is 12.1 Å². The average molecular weight is 455 g/mol. The van der Waals surface area contributed by atoms with Gasteiger partial charge in [0.25, 0.3) is 0 Å². The van der Waals surface area contributed by atoms with E-state index >= 15 is 0 Å². The lowest BCUT2D eigenvalue weighted by Gasteiger charge is -2.40. The van der Waals surface area contributed by atoms with Crippen LogP contribution in [0.5, 0.6) is 5.75 Å². The first kappa shape index (κ1) is 24.9. The van der Waals surface area contributed by atoms with Gasteiger partial charge < -0.3 is 39.3 Å². The quantitative estimate of drug-likeness (QED) is 0.323. The lowest BCUT2D eigenvalue weighted by molar-refractivity contribution is -0.259. The van der Waals surface area contributed by atoms with Crippen LogP contribution >= 0.6 is 0 Å². The van der Waals surface area contributed by atoms with Crippen molar-refractivity contribution < 1.29 is 52.7 Å². The molecule has 1 aliphatic rings. The number of nitrogen functional groups attached to an aromatic ring is 1. The van der Waals surface area contributed by atoms with Crippen LogP contribution < -0.4 is 10.5 Å². The van der Waals surface area contributed by atoms with Crippen LogP contribution in [0, 0.1) is 0 Å². The van der Waals surface area contributed by atoms with Crippen LogP contribution in [0.1, 0.15) is 36.7 Å². The standard InChI is InChI=1S/C20H25NO11/c1-9(23)29-15-8-28-20(18(31-11(3)25)17(15)30-10(2)24)32-16-13(19(26)27-4)5-12(7-22)6-14(16)21/h5-6,15,17-18,20,22H,7-8,21H2,1-4H3/t15-,17?,18+,20?/m0/s1. The minimum Gasteiger partial charge on any atom is -0.465 e. The summed E-state index contributed by atoms with van der Waals surface area (Å²) in [5.41, 5.74) is 6.17. The predicted molar refractivity (Wildman–Crippen MR) is 105 cm³/mol. The van der Waals surface area contributed by atoms with Crippen LogP contribution in [-0.2, 0) is 44.7 Å². The molecule has 0 bridgehead atoms. The first-order valence-corrected chi connectivity index (χ1v) is 9.48. The SMILES string of the molecule is COC(=O)c1cc(CO)cc(N)c1OC1OC[C@H](OC(C)=O)C(OC(C)=O)[C@H]1OC(C)=O. The van der Waals surface area contributed by atoms with Crippen molar-refractivity contribution >= 4 is 29.6 Å². The Kier molecular flexibility index (Phi) is 8.38. The topological polar surface area (TPSA) is 170 Å². The van der Waals surface area contributed by atoms with Gasteiger partial charge in [0, 0.05) is 20.8 Å². The molecule has 0 spiro atoms. The van der Waals surface area contributed by atoms with E-state index < -0.39 is 55.1 Å². The van der Waals surface area contributed by atoms with Crippen molar-refractivity contribution in [3.63, 3.8) is 0 Å². The summed E-state index contributed by atoms with van der Waals surface area (Å²) in [7, 11) is 1.15. The smallest absolute Gasteiger partial charge is 0.341 e. The highest BCUT2D eigenvalue weighted by molar-refractivity contribution is 5.95. The van der Waals surface area contributed by atoms with Gasteiger partial charge >= 0.3 is 23.9 Å². The van der Waals surface area contributed by atoms with E-state index in [9.17, 15) is 24.3 Å². The summed E-state index contributed by atoms with van der Waals surface area (Å²) >= 11 is 0. The molecule has 1 heterocycles. The van der Waals surface area contributed by atoms with E-state index in [1.54, 1.807) is 0 Å². The molecule has 32 heavy (non-hydrogen) atoms. The Morgan fingerprint density at radius 3 is 2.16 bits per heavy atom. The number of carbonyl (C=O) groups excluding carboxylic acids is 4. The fourth-order valence-electron chi connectivity index (χ4n) is 3.12. The van der Waals surface area contributed by atoms with Crippen LogP contribution in [0.4, 0.5) is 5.69 Å². The van der Waals surface area contributed by atoms with Gasteiger partial charge in [-0.1, -0.05) is 0 Å². The maximum Gasteiger partial charge on any atom is 0.341 e. The van der Waals surface area contributed by atoms with E-state index in [4.69, 9.17) is 34.2 Å². The van der Waals surface area contributed by atoms with E-state index in [2.05, 4.69) is 0 Å². The molecule has 1 aliphatic heterocycles. The highest BCUT2D eigenvalue weighted by Gasteiger charge is 2.48. The maximum absolute atomic E-state index is 12.2. The largest absolute Gasteiger partial charge is 0.465 e. The minimum atomic E-state index is -1.40. The number of hydrogen-bond acceptors (Lipinski definition) is 12. The predicted octanol–water partition coefficient (Wildman–Crippen LogP) is 0.0779. The van der Waals surface area contributed by atoms with E-state index in [0.717, 1.165) is 27.9 Å². The number of benzene rings is 1. The minimum absolute atomic E-state index is 0.0340. The molecule has 4 atom stereocenters. The van der Waals surface area contributed by atoms with Gasteiger partial charge in [0.05, 0.1) is 26.0 Å². The van der Waals surface area contributed by atoms with Crippen LogP contribution in [0.3, 0.4) is 0 Å². The molecule has 12 heteroatoms. The van der Waals surface area contributed by atoms with Gasteiger partial charge in [-0.05, 0) is 17.7 Å². The molecular weight excluding hydrogens is 430 g/mol. The Labute approximate surface area is 183 Å². The van der Waals surface area contributed by atoms with E-state index in [0.29, 0.717) is 5.56 Å². The Morgan fingerprint density at radius 1 is 1.03 bits per heavy atom. The van der Waals surface area contributed by atoms with Gasteiger partial charge in [0.2, 0.25) is 12.4 Å². The van der Waals surface area contributed by atoms with Crippen molar-refractivity contribution in [2.45, 2.75) is 52.0 Å². The fourth-order valence-corrected chi connectivity index (χ4v) is 3.12. The van der Waals surface area contributed by atoms with Crippen LogP contribution in [0.2, 0.25) is 0 Å². The highest BCUT2D eigenvalue weighted by Crippen LogP contribution is 2.33. The van der Waals surface area contributed by atoms with Crippen molar-refractivity contribution in [2.24, 2.45) is 0 Å². The number of aliphatic hydroxyl groups is 1. The third kappa shape index (κ3) is 6.08. The van der Waals surface area contributed by atoms with E-state index in [1.165, 1.54) is 12.1 Å². The van der Waals surface area contributed by atoms with Gasteiger partial charge in [0.1, 0.15) is 5.56 Å². The second kappa shape index (κ2) is 10.8. The monoisotopic (exact) mass is 455 g/mol. The zero-order chi connectivity index (χ0) is 24.0. The number of anilines is 1. The number of nitrogens with two attached hydrogens (primary N) is 1. The van der Waals surface area contributed by atoms with Gasteiger partial charge in [0.15, 0.2) is 18.0 Å². The molecular formula is C20H25NO11. The molecule has 1 aromatic carbocycles. The third-order valence-corrected chi connectivity index (χ3v) is 4.30. The summed E-state index contributed by atoms with van der Waals surface area (Å²) in [5.74, 6) is -3.13. The molecule has 0 aliphatic carbocycles. The van der Waals surface area contributed by atoms with Crippen LogP contribution in [-0.4, -0.2) is 67.3 Å². The Balaban J connectivity index is 2.47. The zero-order valence-electron chi connectivity index (χ0n) is 18.0. The van der Waals surface area contributed by atoms with E-state index in [1.807, 2.05) is 0 Å². The number of rotatable bonds is 7. The molecule has 176 valence electrons. The summed E-state index contributed by atoms with van der Waals surface area (Å²) in [6, 6.07) is 2.68. The number of methoxy groups -OCH3 is 1. The highest BCUT2D eigenvalue weighted by atomic mass is 16.7. The molecule has 0 aromatic heterocycles. The number of carbonyl (C=O) groups is 4. The molecule has 0 saturated carbocycles. The van der Waals surface area contributed by atoms with Crippen molar-refractivity contribution in [2.75, 3.05) is 19.5 Å². The maximum atomic E-state index is 12.2. The van der Waals surface area contributed by atoms with Crippen molar-refractivity contribution in [1.29, 1.82) is 0 Å². The number of aliphatic hydroxyl groups excluding tert-OH is 1. The van der Waals surface area contributed by atoms with Gasteiger partial charge in [-0.15, -0.1) is 0 Å².